The second-order valence-corrected chi connectivity index (χ2v) is 9.51. The van der Waals surface area contributed by atoms with Crippen LogP contribution in [-0.4, -0.2) is 21.4 Å². The Morgan fingerprint density at radius 3 is 2.43 bits per heavy atom. The molecule has 0 bridgehead atoms. The van der Waals surface area contributed by atoms with Gasteiger partial charge in [0.2, 0.25) is 0 Å². The average Bonchev–Trinajstić information content (AvgIpc) is 2.73. The van der Waals surface area contributed by atoms with Gasteiger partial charge in [0.25, 0.3) is 15.9 Å². The van der Waals surface area contributed by atoms with Crippen LogP contribution in [-0.2, 0) is 16.4 Å². The Morgan fingerprint density at radius 1 is 0.967 bits per heavy atom. The SMILES string of the molecule is CCc1cccc(C)c1NC(=O)c1cc(C)c2c(c1)-c1ccccc1S(=O)(=O)N2C. The fourth-order valence-electron chi connectivity index (χ4n) is 4.10. The van der Waals surface area contributed by atoms with E-state index in [1.807, 2.05) is 38.1 Å². The Balaban J connectivity index is 1.84. The number of rotatable bonds is 3. The van der Waals surface area contributed by atoms with Gasteiger partial charge in [-0.05, 0) is 55.2 Å². The molecule has 1 heterocycles. The standard InChI is InChI=1S/C24H24N2O3S/c1-5-17-10-8-9-15(2)22(17)25-24(27)18-13-16(3)23-20(14-18)19-11-6-7-12-21(19)30(28,29)26(23)4/h6-14H,5H2,1-4H3,(H,25,27). The van der Waals surface area contributed by atoms with Crippen molar-refractivity contribution in [3.63, 3.8) is 0 Å². The first kappa shape index (κ1) is 20.2. The van der Waals surface area contributed by atoms with Gasteiger partial charge in [0.1, 0.15) is 0 Å². The minimum Gasteiger partial charge on any atom is -0.321 e. The number of nitrogens with zero attached hydrogens (tertiary/aromatic N) is 1. The molecule has 1 amide bonds. The van der Waals surface area contributed by atoms with Crippen LogP contribution in [0.5, 0.6) is 0 Å². The number of carbonyl (C=O) groups is 1. The first-order valence-electron chi connectivity index (χ1n) is 9.88. The lowest BCUT2D eigenvalue weighted by Crippen LogP contribution is -2.31. The molecule has 1 N–H and O–H groups in total. The zero-order valence-electron chi connectivity index (χ0n) is 17.5. The highest BCUT2D eigenvalue weighted by Gasteiger charge is 2.34. The Labute approximate surface area is 177 Å². The van der Waals surface area contributed by atoms with Gasteiger partial charge in [-0.2, -0.15) is 0 Å². The van der Waals surface area contributed by atoms with Crippen molar-refractivity contribution in [2.24, 2.45) is 0 Å². The number of benzene rings is 3. The third-order valence-electron chi connectivity index (χ3n) is 5.67. The molecule has 4 rings (SSSR count). The number of aryl methyl sites for hydroxylation is 3. The first-order valence-corrected chi connectivity index (χ1v) is 11.3. The number of amides is 1. The van der Waals surface area contributed by atoms with Gasteiger partial charge in [-0.1, -0.05) is 43.3 Å². The highest BCUT2D eigenvalue weighted by atomic mass is 32.2. The summed E-state index contributed by atoms with van der Waals surface area (Å²) >= 11 is 0. The number of para-hydroxylation sites is 1. The summed E-state index contributed by atoms with van der Waals surface area (Å²) in [7, 11) is -2.07. The molecule has 1 aliphatic heterocycles. The summed E-state index contributed by atoms with van der Waals surface area (Å²) in [5.74, 6) is -0.210. The molecule has 5 nitrogen and oxygen atoms in total. The molecular formula is C24H24N2O3S. The molecular weight excluding hydrogens is 396 g/mol. The van der Waals surface area contributed by atoms with E-state index < -0.39 is 10.0 Å². The van der Waals surface area contributed by atoms with Gasteiger partial charge in [0, 0.05) is 29.4 Å². The molecule has 0 fully saturated rings. The summed E-state index contributed by atoms with van der Waals surface area (Å²) in [6.07, 6.45) is 0.816. The Hall–Kier alpha value is -3.12. The van der Waals surface area contributed by atoms with Crippen molar-refractivity contribution in [2.75, 3.05) is 16.7 Å². The van der Waals surface area contributed by atoms with Crippen molar-refractivity contribution in [3.05, 3.63) is 76.9 Å². The lowest BCUT2D eigenvalue weighted by atomic mass is 9.96. The number of anilines is 2. The zero-order chi connectivity index (χ0) is 21.6. The summed E-state index contributed by atoms with van der Waals surface area (Å²) in [5.41, 5.74) is 6.12. The van der Waals surface area contributed by atoms with Gasteiger partial charge in [0.15, 0.2) is 0 Å². The Bertz CT molecular complexity index is 1280. The van der Waals surface area contributed by atoms with Crippen LogP contribution in [0.4, 0.5) is 11.4 Å². The van der Waals surface area contributed by atoms with Crippen LogP contribution in [0.1, 0.15) is 34.0 Å². The highest BCUT2D eigenvalue weighted by Crippen LogP contribution is 2.44. The number of carbonyl (C=O) groups excluding carboxylic acids is 1. The normalized spacial score (nSPS) is 14.1. The van der Waals surface area contributed by atoms with E-state index >= 15 is 0 Å². The van der Waals surface area contributed by atoms with Crippen LogP contribution >= 0.6 is 0 Å². The van der Waals surface area contributed by atoms with Crippen molar-refractivity contribution in [2.45, 2.75) is 32.1 Å². The zero-order valence-corrected chi connectivity index (χ0v) is 18.3. The monoisotopic (exact) mass is 420 g/mol. The molecule has 3 aromatic carbocycles. The van der Waals surface area contributed by atoms with Crippen molar-refractivity contribution < 1.29 is 13.2 Å². The maximum absolute atomic E-state index is 13.2. The fourth-order valence-corrected chi connectivity index (χ4v) is 5.59. The molecule has 1 aliphatic rings. The maximum atomic E-state index is 13.2. The second-order valence-electron chi connectivity index (χ2n) is 7.57. The van der Waals surface area contributed by atoms with Gasteiger partial charge in [0.05, 0.1) is 10.6 Å². The van der Waals surface area contributed by atoms with E-state index in [-0.39, 0.29) is 10.8 Å². The van der Waals surface area contributed by atoms with Crippen molar-refractivity contribution in [1.82, 2.24) is 0 Å². The maximum Gasteiger partial charge on any atom is 0.264 e. The summed E-state index contributed by atoms with van der Waals surface area (Å²) in [4.78, 5) is 13.4. The molecule has 0 aliphatic carbocycles. The van der Waals surface area contributed by atoms with Crippen LogP contribution in [0.3, 0.4) is 0 Å². The van der Waals surface area contributed by atoms with Crippen LogP contribution in [0, 0.1) is 13.8 Å². The molecule has 0 atom stereocenters. The molecule has 0 saturated carbocycles. The molecule has 0 spiro atoms. The fraction of sp³-hybridized carbons (Fsp3) is 0.208. The lowest BCUT2D eigenvalue weighted by Gasteiger charge is -2.31. The summed E-state index contributed by atoms with van der Waals surface area (Å²) in [5, 5.41) is 3.06. The molecule has 30 heavy (non-hydrogen) atoms. The first-order chi connectivity index (χ1) is 14.3. The van der Waals surface area contributed by atoms with Crippen LogP contribution in [0.2, 0.25) is 0 Å². The number of hydrogen-bond donors (Lipinski definition) is 1. The topological polar surface area (TPSA) is 66.5 Å². The minimum atomic E-state index is -3.62. The van der Waals surface area contributed by atoms with E-state index in [9.17, 15) is 13.2 Å². The Kier molecular flexibility index (Phi) is 4.90. The summed E-state index contributed by atoms with van der Waals surface area (Å²) in [6.45, 7) is 5.87. The van der Waals surface area contributed by atoms with Gasteiger partial charge in [-0.15, -0.1) is 0 Å². The van der Waals surface area contributed by atoms with Gasteiger partial charge < -0.3 is 5.32 Å². The van der Waals surface area contributed by atoms with Crippen LogP contribution < -0.4 is 9.62 Å². The molecule has 0 unspecified atom stereocenters. The second kappa shape index (κ2) is 7.29. The molecule has 0 aromatic heterocycles. The largest absolute Gasteiger partial charge is 0.321 e. The summed E-state index contributed by atoms with van der Waals surface area (Å²) in [6, 6.07) is 16.4. The number of nitrogens with one attached hydrogen (secondary N) is 1. The highest BCUT2D eigenvalue weighted by molar-refractivity contribution is 7.93. The predicted octanol–water partition coefficient (Wildman–Crippen LogP) is 4.92. The molecule has 3 aromatic rings. The quantitative estimate of drug-likeness (QED) is 0.654. The molecule has 154 valence electrons. The third-order valence-corrected chi connectivity index (χ3v) is 7.49. The lowest BCUT2D eigenvalue weighted by molar-refractivity contribution is 0.102. The van der Waals surface area contributed by atoms with Crippen molar-refractivity contribution in [1.29, 1.82) is 0 Å². The van der Waals surface area contributed by atoms with Gasteiger partial charge in [-0.3, -0.25) is 9.10 Å². The minimum absolute atomic E-state index is 0.210. The van der Waals surface area contributed by atoms with Crippen molar-refractivity contribution >= 4 is 27.3 Å². The number of hydrogen-bond acceptors (Lipinski definition) is 3. The van der Waals surface area contributed by atoms with E-state index in [4.69, 9.17) is 0 Å². The Morgan fingerprint density at radius 2 is 1.70 bits per heavy atom. The summed E-state index contributed by atoms with van der Waals surface area (Å²) < 4.78 is 27.2. The van der Waals surface area contributed by atoms with Crippen molar-refractivity contribution in [3.8, 4) is 11.1 Å². The average molecular weight is 421 g/mol. The number of sulfonamides is 1. The van der Waals surface area contributed by atoms with Crippen LogP contribution in [0.15, 0.2) is 59.5 Å². The van der Waals surface area contributed by atoms with E-state index in [1.165, 1.54) is 4.31 Å². The van der Waals surface area contributed by atoms with E-state index in [0.717, 1.165) is 34.4 Å². The van der Waals surface area contributed by atoms with Gasteiger partial charge in [-0.25, -0.2) is 8.42 Å². The van der Waals surface area contributed by atoms with E-state index in [1.54, 1.807) is 37.4 Å². The van der Waals surface area contributed by atoms with Gasteiger partial charge >= 0.3 is 0 Å². The van der Waals surface area contributed by atoms with Crippen LogP contribution in [0.25, 0.3) is 11.1 Å². The predicted molar refractivity (Wildman–Crippen MR) is 121 cm³/mol. The van der Waals surface area contributed by atoms with E-state index in [0.29, 0.717) is 16.8 Å². The number of fused-ring (bicyclic) bond motifs is 3. The molecule has 0 radical (unpaired) electrons. The third kappa shape index (κ3) is 3.08. The smallest absolute Gasteiger partial charge is 0.264 e. The molecule has 0 saturated heterocycles. The molecule has 6 heteroatoms. The van der Waals surface area contributed by atoms with E-state index in [2.05, 4.69) is 12.2 Å².